The lowest BCUT2D eigenvalue weighted by molar-refractivity contribution is -0.137. The van der Waals surface area contributed by atoms with Crippen molar-refractivity contribution < 1.29 is 14.7 Å². The Balaban J connectivity index is 2.23. The normalized spacial score (nSPS) is 14.9. The lowest BCUT2D eigenvalue weighted by atomic mass is 10.3. The molecule has 0 bridgehead atoms. The molecule has 5 nitrogen and oxygen atoms in total. The largest absolute Gasteiger partial charge is 0.395 e. The van der Waals surface area contributed by atoms with Gasteiger partial charge in [0.2, 0.25) is 0 Å². The van der Waals surface area contributed by atoms with Gasteiger partial charge in [0.25, 0.3) is 11.8 Å². The second-order valence-electron chi connectivity index (χ2n) is 3.84. The molecule has 2 rings (SSSR count). The number of hydrogen-bond acceptors (Lipinski definition) is 5. The Hall–Kier alpha value is -1.50. The molecule has 0 atom stereocenters. The quantitative estimate of drug-likeness (QED) is 0.579. The molecule has 0 fully saturated rings. The van der Waals surface area contributed by atoms with Crippen LogP contribution < -0.4 is 5.32 Å². The van der Waals surface area contributed by atoms with Crippen molar-refractivity contribution in [2.24, 2.45) is 0 Å². The Kier molecular flexibility index (Phi) is 4.14. The minimum atomic E-state index is -0.494. The molecule has 1 aromatic rings. The Morgan fingerprint density at radius 2 is 2.11 bits per heavy atom. The second kappa shape index (κ2) is 5.64. The number of aliphatic hydroxyl groups is 1. The van der Waals surface area contributed by atoms with Gasteiger partial charge in [0, 0.05) is 11.0 Å². The molecule has 7 heteroatoms. The fourth-order valence-electron chi connectivity index (χ4n) is 1.68. The number of benzene rings is 1. The van der Waals surface area contributed by atoms with E-state index in [2.05, 4.69) is 17.9 Å². The van der Waals surface area contributed by atoms with E-state index in [0.717, 1.165) is 4.90 Å². The van der Waals surface area contributed by atoms with Gasteiger partial charge in [-0.15, -0.1) is 12.6 Å². The maximum atomic E-state index is 11.9. The molecule has 1 aliphatic heterocycles. The first-order chi connectivity index (χ1) is 9.04. The van der Waals surface area contributed by atoms with Crippen molar-refractivity contribution in [2.75, 3.05) is 18.5 Å². The van der Waals surface area contributed by atoms with E-state index in [1.54, 1.807) is 18.2 Å². The van der Waals surface area contributed by atoms with E-state index < -0.39 is 11.8 Å². The molecular formula is C12H11ClN2O3S. The number of β-amino-alcohol motifs (C(OH)–C–C–N with tert-alkyl or cyclic N) is 1. The highest BCUT2D eigenvalue weighted by Gasteiger charge is 2.31. The van der Waals surface area contributed by atoms with Gasteiger partial charge in [-0.25, -0.2) is 0 Å². The van der Waals surface area contributed by atoms with Crippen molar-refractivity contribution in [2.45, 2.75) is 4.90 Å². The summed E-state index contributed by atoms with van der Waals surface area (Å²) in [6, 6.07) is 5.09. The van der Waals surface area contributed by atoms with Crippen LogP contribution in [0.2, 0.25) is 5.02 Å². The predicted molar refractivity (Wildman–Crippen MR) is 74.2 cm³/mol. The summed E-state index contributed by atoms with van der Waals surface area (Å²) in [5.74, 6) is -0.957. The Bertz CT molecular complexity index is 554. The van der Waals surface area contributed by atoms with Crippen LogP contribution in [0.1, 0.15) is 0 Å². The van der Waals surface area contributed by atoms with E-state index in [9.17, 15) is 9.59 Å². The number of carbonyl (C=O) groups is 2. The molecule has 2 amide bonds. The molecule has 0 aliphatic carbocycles. The van der Waals surface area contributed by atoms with Crippen molar-refractivity contribution in [1.29, 1.82) is 0 Å². The molecule has 19 heavy (non-hydrogen) atoms. The maximum Gasteiger partial charge on any atom is 0.277 e. The molecule has 0 saturated heterocycles. The van der Waals surface area contributed by atoms with Gasteiger partial charge in [-0.2, -0.15) is 0 Å². The van der Waals surface area contributed by atoms with Crippen LogP contribution in [0, 0.1) is 0 Å². The summed E-state index contributed by atoms with van der Waals surface area (Å²) < 4.78 is 0. The molecule has 0 radical (unpaired) electrons. The average Bonchev–Trinajstić information content (AvgIpc) is 2.62. The number of anilines is 1. The van der Waals surface area contributed by atoms with Gasteiger partial charge in [0.05, 0.1) is 23.9 Å². The van der Waals surface area contributed by atoms with E-state index in [4.69, 9.17) is 16.7 Å². The number of halogens is 1. The number of nitrogens with one attached hydrogen (secondary N) is 1. The van der Waals surface area contributed by atoms with Crippen LogP contribution in [0.4, 0.5) is 5.69 Å². The predicted octanol–water partition coefficient (Wildman–Crippen LogP) is 1.29. The first-order valence-electron chi connectivity index (χ1n) is 5.47. The van der Waals surface area contributed by atoms with Crippen molar-refractivity contribution in [1.82, 2.24) is 4.90 Å². The standard InChI is InChI=1S/C12H11ClN2O3S/c13-7-2-1-3-9(19)11(7)14-8-6-10(17)15(4-5-16)12(8)18/h1-3,6,14,16,19H,4-5H2. The van der Waals surface area contributed by atoms with Crippen molar-refractivity contribution in [3.05, 3.63) is 35.0 Å². The fourth-order valence-corrected chi connectivity index (χ4v) is 2.23. The SMILES string of the molecule is O=C1C=C(Nc2c(S)cccc2Cl)C(=O)N1CCO. The topological polar surface area (TPSA) is 69.6 Å². The van der Waals surface area contributed by atoms with Crippen molar-refractivity contribution in [3.8, 4) is 0 Å². The number of aliphatic hydroxyl groups excluding tert-OH is 1. The summed E-state index contributed by atoms with van der Waals surface area (Å²) >= 11 is 10.2. The third-order valence-electron chi connectivity index (χ3n) is 2.58. The number of amides is 2. The number of rotatable bonds is 4. The summed E-state index contributed by atoms with van der Waals surface area (Å²) in [5, 5.41) is 12.0. The van der Waals surface area contributed by atoms with Crippen molar-refractivity contribution in [3.63, 3.8) is 0 Å². The highest BCUT2D eigenvalue weighted by atomic mass is 35.5. The third kappa shape index (κ3) is 2.75. The maximum absolute atomic E-state index is 11.9. The Morgan fingerprint density at radius 1 is 1.37 bits per heavy atom. The second-order valence-corrected chi connectivity index (χ2v) is 4.72. The molecule has 0 unspecified atom stereocenters. The third-order valence-corrected chi connectivity index (χ3v) is 3.27. The lowest BCUT2D eigenvalue weighted by Crippen LogP contribution is -2.34. The highest BCUT2D eigenvalue weighted by molar-refractivity contribution is 7.80. The van der Waals surface area contributed by atoms with Crippen LogP contribution in [0.15, 0.2) is 34.9 Å². The van der Waals surface area contributed by atoms with Gasteiger partial charge < -0.3 is 10.4 Å². The summed E-state index contributed by atoms with van der Waals surface area (Å²) in [6.45, 7) is -0.307. The summed E-state index contributed by atoms with van der Waals surface area (Å²) in [7, 11) is 0. The Morgan fingerprint density at radius 3 is 2.74 bits per heavy atom. The average molecular weight is 299 g/mol. The minimum Gasteiger partial charge on any atom is -0.395 e. The van der Waals surface area contributed by atoms with Crippen LogP contribution in [0.3, 0.4) is 0 Å². The van der Waals surface area contributed by atoms with E-state index in [-0.39, 0.29) is 18.8 Å². The molecule has 1 heterocycles. The molecule has 100 valence electrons. The molecule has 1 aromatic carbocycles. The number of nitrogens with zero attached hydrogens (tertiary/aromatic N) is 1. The molecule has 2 N–H and O–H groups in total. The summed E-state index contributed by atoms with van der Waals surface area (Å²) in [5.41, 5.74) is 0.576. The number of thiol groups is 1. The first-order valence-corrected chi connectivity index (χ1v) is 6.30. The van der Waals surface area contributed by atoms with Gasteiger partial charge in [-0.05, 0) is 12.1 Å². The van der Waals surface area contributed by atoms with E-state index >= 15 is 0 Å². The smallest absolute Gasteiger partial charge is 0.277 e. The van der Waals surface area contributed by atoms with Crippen LogP contribution in [-0.4, -0.2) is 35.0 Å². The van der Waals surface area contributed by atoms with Gasteiger partial charge in [0.15, 0.2) is 0 Å². The Labute approximate surface area is 120 Å². The molecular weight excluding hydrogens is 288 g/mol. The van der Waals surface area contributed by atoms with Gasteiger partial charge in [0.1, 0.15) is 5.70 Å². The van der Waals surface area contributed by atoms with E-state index in [0.29, 0.717) is 15.6 Å². The zero-order valence-electron chi connectivity index (χ0n) is 9.76. The molecule has 0 spiro atoms. The molecule has 0 saturated carbocycles. The monoisotopic (exact) mass is 298 g/mol. The van der Waals surface area contributed by atoms with Gasteiger partial charge >= 0.3 is 0 Å². The van der Waals surface area contributed by atoms with Crippen LogP contribution in [-0.2, 0) is 9.59 Å². The van der Waals surface area contributed by atoms with E-state index in [1.165, 1.54) is 6.08 Å². The van der Waals surface area contributed by atoms with E-state index in [1.807, 2.05) is 0 Å². The zero-order chi connectivity index (χ0) is 14.0. The summed E-state index contributed by atoms with van der Waals surface area (Å²) in [6.07, 6.45) is 1.18. The number of carbonyl (C=O) groups excluding carboxylic acids is 2. The summed E-state index contributed by atoms with van der Waals surface area (Å²) in [4.78, 5) is 25.0. The minimum absolute atomic E-state index is 0.0321. The molecule has 0 aromatic heterocycles. The number of imide groups is 1. The van der Waals surface area contributed by atoms with Crippen LogP contribution >= 0.6 is 24.2 Å². The molecule has 1 aliphatic rings. The van der Waals surface area contributed by atoms with Crippen LogP contribution in [0.5, 0.6) is 0 Å². The number of hydrogen-bond donors (Lipinski definition) is 3. The zero-order valence-corrected chi connectivity index (χ0v) is 11.4. The van der Waals surface area contributed by atoms with Gasteiger partial charge in [-0.3, -0.25) is 14.5 Å². The first kappa shape index (κ1) is 13.9. The van der Waals surface area contributed by atoms with Gasteiger partial charge in [-0.1, -0.05) is 17.7 Å². The van der Waals surface area contributed by atoms with Crippen LogP contribution in [0.25, 0.3) is 0 Å². The lowest BCUT2D eigenvalue weighted by Gasteiger charge is -2.14. The number of para-hydroxylation sites is 1. The highest BCUT2D eigenvalue weighted by Crippen LogP contribution is 2.30. The van der Waals surface area contributed by atoms with Crippen molar-refractivity contribution >= 4 is 41.7 Å². The fraction of sp³-hybridized carbons (Fsp3) is 0.167.